The van der Waals surface area contributed by atoms with Crippen LogP contribution in [-0.4, -0.2) is 19.5 Å². The molecule has 0 saturated carbocycles. The Morgan fingerprint density at radius 3 is 2.05 bits per heavy atom. The zero-order valence-electron chi connectivity index (χ0n) is 11.3. The lowest BCUT2D eigenvalue weighted by Gasteiger charge is -2.02. The minimum absolute atomic E-state index is 0.182. The second-order valence-corrected chi connectivity index (χ2v) is 5.73. The van der Waals surface area contributed by atoms with Crippen LogP contribution in [-0.2, 0) is 21.2 Å². The molecule has 0 aliphatic carbocycles. The molecule has 108 valence electrons. The third-order valence-electron chi connectivity index (χ3n) is 2.32. The first kappa shape index (κ1) is 17.6. The summed E-state index contributed by atoms with van der Waals surface area (Å²) < 4.78 is 22.0. The van der Waals surface area contributed by atoms with Crippen molar-refractivity contribution in [2.45, 2.75) is 44.4 Å². The van der Waals surface area contributed by atoms with Crippen LogP contribution >= 0.6 is 0 Å². The summed E-state index contributed by atoms with van der Waals surface area (Å²) in [4.78, 5) is 9.18. The Labute approximate surface area is 114 Å². The summed E-state index contributed by atoms with van der Waals surface area (Å²) in [5.74, 6) is -0.833. The monoisotopic (exact) mass is 287 g/mol. The predicted molar refractivity (Wildman–Crippen MR) is 74.4 cm³/mol. The van der Waals surface area contributed by atoms with E-state index in [4.69, 9.17) is 15.0 Å². The molecule has 0 amide bonds. The minimum atomic E-state index is -3.54. The predicted octanol–water partition coefficient (Wildman–Crippen LogP) is 2.16. The minimum Gasteiger partial charge on any atom is -0.481 e. The number of carboxylic acids is 1. The molecule has 0 fully saturated rings. The van der Waals surface area contributed by atoms with E-state index in [1.807, 2.05) is 12.1 Å². The van der Waals surface area contributed by atoms with E-state index < -0.39 is 16.0 Å². The molecule has 1 aromatic rings. The van der Waals surface area contributed by atoms with Crippen LogP contribution < -0.4 is 5.14 Å². The van der Waals surface area contributed by atoms with Crippen LogP contribution in [0.4, 0.5) is 0 Å². The van der Waals surface area contributed by atoms with Crippen LogP contribution in [0.15, 0.2) is 29.2 Å². The Bertz CT molecular complexity index is 476. The molecule has 0 aliphatic heterocycles. The van der Waals surface area contributed by atoms with Gasteiger partial charge in [0.2, 0.25) is 10.0 Å². The average Bonchev–Trinajstić information content (AvgIpc) is 2.28. The molecule has 1 rings (SSSR count). The summed E-state index contributed by atoms with van der Waals surface area (Å²) in [6, 6.07) is 6.79. The van der Waals surface area contributed by atoms with Crippen LogP contribution in [0.3, 0.4) is 0 Å². The number of carboxylic acid groups (broad SMARTS) is 1. The Kier molecular flexibility index (Phi) is 8.02. The highest BCUT2D eigenvalue weighted by Gasteiger charge is 2.06. The van der Waals surface area contributed by atoms with Gasteiger partial charge in [0, 0.05) is 6.92 Å². The van der Waals surface area contributed by atoms with Gasteiger partial charge in [-0.25, -0.2) is 13.6 Å². The lowest BCUT2D eigenvalue weighted by atomic mass is 10.1. The van der Waals surface area contributed by atoms with E-state index in [2.05, 4.69) is 6.92 Å². The van der Waals surface area contributed by atoms with E-state index in [9.17, 15) is 8.42 Å². The van der Waals surface area contributed by atoms with Gasteiger partial charge in [0.25, 0.3) is 5.97 Å². The van der Waals surface area contributed by atoms with Gasteiger partial charge < -0.3 is 5.11 Å². The number of primary sulfonamides is 1. The molecule has 0 saturated heterocycles. The fraction of sp³-hybridized carbons (Fsp3) is 0.462. The van der Waals surface area contributed by atoms with Gasteiger partial charge in [-0.15, -0.1) is 0 Å². The molecule has 19 heavy (non-hydrogen) atoms. The number of aryl methyl sites for hydroxylation is 1. The van der Waals surface area contributed by atoms with Gasteiger partial charge in [-0.1, -0.05) is 31.9 Å². The van der Waals surface area contributed by atoms with Crippen LogP contribution in [0.2, 0.25) is 0 Å². The lowest BCUT2D eigenvalue weighted by molar-refractivity contribution is -0.134. The Morgan fingerprint density at radius 1 is 1.21 bits per heavy atom. The maximum Gasteiger partial charge on any atom is 0.300 e. The molecule has 0 aliphatic rings. The fourth-order valence-electron chi connectivity index (χ4n) is 1.42. The molecule has 0 heterocycles. The zero-order valence-corrected chi connectivity index (χ0v) is 12.1. The quantitative estimate of drug-likeness (QED) is 0.811. The van der Waals surface area contributed by atoms with Crippen molar-refractivity contribution in [2.24, 2.45) is 5.14 Å². The van der Waals surface area contributed by atoms with Crippen molar-refractivity contribution in [1.82, 2.24) is 0 Å². The smallest absolute Gasteiger partial charge is 0.300 e. The number of unbranched alkanes of at least 4 members (excludes halogenated alkanes) is 2. The van der Waals surface area contributed by atoms with Gasteiger partial charge in [0.15, 0.2) is 0 Å². The molecule has 6 heteroatoms. The fourth-order valence-corrected chi connectivity index (χ4v) is 1.94. The largest absolute Gasteiger partial charge is 0.481 e. The molecule has 3 N–H and O–H groups in total. The molecule has 5 nitrogen and oxygen atoms in total. The molecular weight excluding hydrogens is 266 g/mol. The highest BCUT2D eigenvalue weighted by molar-refractivity contribution is 7.89. The molecule has 0 aromatic heterocycles. The third-order valence-corrected chi connectivity index (χ3v) is 3.25. The number of rotatable bonds is 5. The Balaban J connectivity index is 0.000000711. The van der Waals surface area contributed by atoms with Crippen LogP contribution in [0.5, 0.6) is 0 Å². The second kappa shape index (κ2) is 8.66. The summed E-state index contributed by atoms with van der Waals surface area (Å²) >= 11 is 0. The summed E-state index contributed by atoms with van der Waals surface area (Å²) in [5, 5.41) is 12.4. The number of carbonyl (C=O) groups is 1. The van der Waals surface area contributed by atoms with Crippen molar-refractivity contribution >= 4 is 16.0 Å². The van der Waals surface area contributed by atoms with Gasteiger partial charge in [-0.2, -0.15) is 0 Å². The average molecular weight is 287 g/mol. The van der Waals surface area contributed by atoms with E-state index >= 15 is 0 Å². The van der Waals surface area contributed by atoms with E-state index in [1.165, 1.54) is 12.8 Å². The van der Waals surface area contributed by atoms with Gasteiger partial charge in [-0.3, -0.25) is 4.79 Å². The van der Waals surface area contributed by atoms with E-state index in [0.29, 0.717) is 0 Å². The van der Waals surface area contributed by atoms with Crippen molar-refractivity contribution in [3.63, 3.8) is 0 Å². The van der Waals surface area contributed by atoms with Crippen LogP contribution in [0.1, 0.15) is 38.7 Å². The zero-order chi connectivity index (χ0) is 14.9. The summed E-state index contributed by atoms with van der Waals surface area (Å²) in [6.45, 7) is 3.24. The van der Waals surface area contributed by atoms with Crippen molar-refractivity contribution in [3.05, 3.63) is 29.8 Å². The number of hydrogen-bond acceptors (Lipinski definition) is 3. The molecule has 0 spiro atoms. The van der Waals surface area contributed by atoms with Crippen molar-refractivity contribution in [2.75, 3.05) is 0 Å². The molecule has 0 unspecified atom stereocenters. The summed E-state index contributed by atoms with van der Waals surface area (Å²) in [6.07, 6.45) is 4.54. The van der Waals surface area contributed by atoms with Crippen LogP contribution in [0, 0.1) is 0 Å². The first-order valence-corrected chi connectivity index (χ1v) is 7.63. The van der Waals surface area contributed by atoms with E-state index in [0.717, 1.165) is 25.3 Å². The van der Waals surface area contributed by atoms with Crippen molar-refractivity contribution in [3.8, 4) is 0 Å². The SMILES string of the molecule is CC(=O)O.CCCCCc1ccc(S(N)(=O)=O)cc1. The number of benzene rings is 1. The lowest BCUT2D eigenvalue weighted by Crippen LogP contribution is -2.11. The number of sulfonamides is 1. The third kappa shape index (κ3) is 9.21. The van der Waals surface area contributed by atoms with E-state index in [-0.39, 0.29) is 4.90 Å². The highest BCUT2D eigenvalue weighted by atomic mass is 32.2. The number of nitrogens with two attached hydrogens (primary N) is 1. The Morgan fingerprint density at radius 2 is 1.68 bits per heavy atom. The summed E-state index contributed by atoms with van der Waals surface area (Å²) in [7, 11) is -3.54. The highest BCUT2D eigenvalue weighted by Crippen LogP contribution is 2.11. The van der Waals surface area contributed by atoms with Crippen molar-refractivity contribution in [1.29, 1.82) is 0 Å². The molecule has 0 bridgehead atoms. The normalized spacial score (nSPS) is 10.5. The molecule has 0 atom stereocenters. The second-order valence-electron chi connectivity index (χ2n) is 4.17. The topological polar surface area (TPSA) is 97.5 Å². The standard InChI is InChI=1S/C11H17NO2S.C2H4O2/c1-2-3-4-5-10-6-8-11(9-7-10)15(12,13)14;1-2(3)4/h6-9H,2-5H2,1H3,(H2,12,13,14);1H3,(H,3,4). The van der Waals surface area contributed by atoms with Gasteiger partial charge in [-0.05, 0) is 30.5 Å². The maximum atomic E-state index is 11.0. The first-order valence-electron chi connectivity index (χ1n) is 6.08. The molecular formula is C13H21NO4S. The Hall–Kier alpha value is -1.40. The number of hydrogen-bond donors (Lipinski definition) is 2. The molecule has 1 aromatic carbocycles. The first-order chi connectivity index (χ1) is 8.77. The van der Waals surface area contributed by atoms with Gasteiger partial charge in [0.1, 0.15) is 0 Å². The van der Waals surface area contributed by atoms with Gasteiger partial charge >= 0.3 is 0 Å². The van der Waals surface area contributed by atoms with Gasteiger partial charge in [0.05, 0.1) is 4.90 Å². The maximum absolute atomic E-state index is 11.0. The molecule has 0 radical (unpaired) electrons. The van der Waals surface area contributed by atoms with E-state index in [1.54, 1.807) is 12.1 Å². The summed E-state index contributed by atoms with van der Waals surface area (Å²) in [5.41, 5.74) is 1.16. The van der Waals surface area contributed by atoms with Crippen molar-refractivity contribution < 1.29 is 18.3 Å². The van der Waals surface area contributed by atoms with Crippen LogP contribution in [0.25, 0.3) is 0 Å². The number of aliphatic carboxylic acids is 1.